The van der Waals surface area contributed by atoms with Gasteiger partial charge in [0, 0.05) is 5.33 Å². The molecule has 21 heavy (non-hydrogen) atoms. The van der Waals surface area contributed by atoms with Crippen LogP contribution in [0.15, 0.2) is 18.5 Å². The first-order valence-corrected chi connectivity index (χ1v) is 8.20. The highest BCUT2D eigenvalue weighted by atomic mass is 79.9. The molecule has 1 fully saturated rings. The Labute approximate surface area is 130 Å². The quantitative estimate of drug-likeness (QED) is 0.436. The average molecular weight is 365 g/mol. The molecule has 1 aliphatic rings. The first-order chi connectivity index (χ1) is 10.1. The van der Waals surface area contributed by atoms with Crippen molar-refractivity contribution in [1.82, 2.24) is 0 Å². The number of rotatable bonds is 4. The molecule has 0 heterocycles. The van der Waals surface area contributed by atoms with Crippen LogP contribution in [0.3, 0.4) is 0 Å². The number of benzene rings is 1. The van der Waals surface area contributed by atoms with Crippen molar-refractivity contribution in [3.05, 3.63) is 41.2 Å². The molecular formula is C16H17BrF4. The molecule has 0 radical (unpaired) electrons. The summed E-state index contributed by atoms with van der Waals surface area (Å²) in [6.07, 6.45) is 4.49. The molecule has 0 amide bonds. The third-order valence-electron chi connectivity index (χ3n) is 4.23. The van der Waals surface area contributed by atoms with E-state index >= 15 is 0 Å². The maximum Gasteiger partial charge on any atom is 0.164 e. The molecular weight excluding hydrogens is 348 g/mol. The van der Waals surface area contributed by atoms with E-state index in [0.29, 0.717) is 11.5 Å². The Balaban J connectivity index is 2.16. The lowest BCUT2D eigenvalue weighted by Crippen LogP contribution is -2.14. The molecule has 0 spiro atoms. The van der Waals surface area contributed by atoms with Gasteiger partial charge >= 0.3 is 0 Å². The molecule has 0 atom stereocenters. The van der Waals surface area contributed by atoms with Gasteiger partial charge in [0.1, 0.15) is 18.0 Å². The van der Waals surface area contributed by atoms with Gasteiger partial charge in [-0.1, -0.05) is 15.9 Å². The van der Waals surface area contributed by atoms with E-state index in [2.05, 4.69) is 15.9 Å². The Morgan fingerprint density at radius 3 is 2.19 bits per heavy atom. The molecule has 0 unspecified atom stereocenters. The van der Waals surface area contributed by atoms with E-state index in [-0.39, 0.29) is 5.92 Å². The highest BCUT2D eigenvalue weighted by molar-refractivity contribution is 9.09. The summed E-state index contributed by atoms with van der Waals surface area (Å²) in [6, 6.07) is 2.27. The van der Waals surface area contributed by atoms with E-state index in [9.17, 15) is 17.6 Å². The second-order valence-electron chi connectivity index (χ2n) is 5.51. The average Bonchev–Trinajstić information content (AvgIpc) is 2.47. The minimum atomic E-state index is -1.52. The predicted molar refractivity (Wildman–Crippen MR) is 79.7 cm³/mol. The zero-order valence-corrected chi connectivity index (χ0v) is 13.1. The van der Waals surface area contributed by atoms with Crippen molar-refractivity contribution < 1.29 is 17.6 Å². The highest BCUT2D eigenvalue weighted by Gasteiger charge is 2.24. The van der Waals surface area contributed by atoms with E-state index in [1.807, 2.05) is 0 Å². The summed E-state index contributed by atoms with van der Waals surface area (Å²) in [7, 11) is 0. The van der Waals surface area contributed by atoms with Crippen molar-refractivity contribution in [2.75, 3.05) is 5.33 Å². The van der Waals surface area contributed by atoms with E-state index in [1.54, 1.807) is 0 Å². The Kier molecular flexibility index (Phi) is 5.85. The second-order valence-corrected chi connectivity index (χ2v) is 6.30. The topological polar surface area (TPSA) is 0 Å². The summed E-state index contributed by atoms with van der Waals surface area (Å²) in [6.45, 7) is 0. The fourth-order valence-corrected chi connectivity index (χ4v) is 3.70. The Morgan fingerprint density at radius 2 is 1.71 bits per heavy atom. The second kappa shape index (κ2) is 7.43. The molecule has 1 aromatic carbocycles. The Morgan fingerprint density at radius 1 is 1.14 bits per heavy atom. The molecule has 0 aromatic heterocycles. The van der Waals surface area contributed by atoms with Crippen LogP contribution in [0, 0.1) is 17.6 Å². The van der Waals surface area contributed by atoms with Crippen LogP contribution in [0.5, 0.6) is 0 Å². The summed E-state index contributed by atoms with van der Waals surface area (Å²) in [4.78, 5) is 0. The monoisotopic (exact) mass is 364 g/mol. The van der Waals surface area contributed by atoms with Gasteiger partial charge in [-0.05, 0) is 61.6 Å². The van der Waals surface area contributed by atoms with E-state index in [4.69, 9.17) is 0 Å². The molecule has 0 N–H and O–H groups in total. The summed E-state index contributed by atoms with van der Waals surface area (Å²) in [5, 5.41) is 0.967. The van der Waals surface area contributed by atoms with Crippen LogP contribution in [0.2, 0.25) is 0 Å². The van der Waals surface area contributed by atoms with Crippen molar-refractivity contribution >= 4 is 21.8 Å². The van der Waals surface area contributed by atoms with Crippen LogP contribution in [0.25, 0.3) is 5.83 Å². The lowest BCUT2D eigenvalue weighted by atomic mass is 9.77. The standard InChI is InChI=1S/C16H17BrF4/c17-6-5-10-1-3-11(4-2-10)12-7-13(19)16(14(20)8-12)15(21)9-18/h7-11H,1-6H2/t10-,11-. The van der Waals surface area contributed by atoms with Gasteiger partial charge in [0.25, 0.3) is 0 Å². The first-order valence-electron chi connectivity index (χ1n) is 7.08. The van der Waals surface area contributed by atoms with Gasteiger partial charge < -0.3 is 0 Å². The first kappa shape index (κ1) is 16.5. The third-order valence-corrected chi connectivity index (χ3v) is 4.69. The summed E-state index contributed by atoms with van der Waals surface area (Å²) >= 11 is 3.42. The summed E-state index contributed by atoms with van der Waals surface area (Å²) < 4.78 is 52.8. The minimum absolute atomic E-state index is 0.0899. The molecule has 0 aliphatic heterocycles. The fraction of sp³-hybridized carbons (Fsp3) is 0.500. The van der Waals surface area contributed by atoms with E-state index in [0.717, 1.165) is 49.6 Å². The van der Waals surface area contributed by atoms with Crippen LogP contribution in [-0.4, -0.2) is 5.33 Å². The van der Waals surface area contributed by atoms with Gasteiger partial charge in [-0.25, -0.2) is 17.6 Å². The van der Waals surface area contributed by atoms with Crippen LogP contribution < -0.4 is 0 Å². The van der Waals surface area contributed by atoms with Crippen molar-refractivity contribution in [3.8, 4) is 0 Å². The molecule has 116 valence electrons. The van der Waals surface area contributed by atoms with E-state index < -0.39 is 29.4 Å². The van der Waals surface area contributed by atoms with Crippen LogP contribution >= 0.6 is 15.9 Å². The minimum Gasteiger partial charge on any atom is -0.212 e. The predicted octanol–water partition coefficient (Wildman–Crippen LogP) is 6.26. The maximum atomic E-state index is 13.8. The van der Waals surface area contributed by atoms with Crippen molar-refractivity contribution in [3.63, 3.8) is 0 Å². The largest absolute Gasteiger partial charge is 0.212 e. The van der Waals surface area contributed by atoms with Crippen LogP contribution in [-0.2, 0) is 0 Å². The molecule has 0 nitrogen and oxygen atoms in total. The zero-order valence-electron chi connectivity index (χ0n) is 11.5. The van der Waals surface area contributed by atoms with Gasteiger partial charge in [0.05, 0.1) is 5.56 Å². The fourth-order valence-electron chi connectivity index (χ4n) is 3.05. The Bertz CT molecular complexity index is 496. The normalized spacial score (nSPS) is 23.4. The van der Waals surface area contributed by atoms with Gasteiger partial charge in [-0.3, -0.25) is 0 Å². The lowest BCUT2D eigenvalue weighted by Gasteiger charge is -2.28. The molecule has 0 saturated heterocycles. The SMILES string of the molecule is FC=C(F)c1c(F)cc([C@H]2CC[C@H](CCBr)CC2)cc1F. The third kappa shape index (κ3) is 3.87. The van der Waals surface area contributed by atoms with Crippen molar-refractivity contribution in [1.29, 1.82) is 0 Å². The number of hydrogen-bond acceptors (Lipinski definition) is 0. The number of halogens is 5. The summed E-state index contributed by atoms with van der Waals surface area (Å²) in [5.74, 6) is -2.86. The summed E-state index contributed by atoms with van der Waals surface area (Å²) in [5.41, 5.74) is -0.382. The Hall–Kier alpha value is -0.840. The van der Waals surface area contributed by atoms with Gasteiger partial charge in [0.2, 0.25) is 0 Å². The van der Waals surface area contributed by atoms with Crippen molar-refractivity contribution in [2.24, 2.45) is 5.92 Å². The molecule has 0 bridgehead atoms. The maximum absolute atomic E-state index is 13.8. The number of alkyl halides is 1. The lowest BCUT2D eigenvalue weighted by molar-refractivity contribution is 0.320. The smallest absolute Gasteiger partial charge is 0.164 e. The van der Waals surface area contributed by atoms with Gasteiger partial charge in [-0.15, -0.1) is 0 Å². The molecule has 1 saturated carbocycles. The molecule has 2 rings (SSSR count). The van der Waals surface area contributed by atoms with Crippen LogP contribution in [0.4, 0.5) is 17.6 Å². The van der Waals surface area contributed by atoms with Gasteiger partial charge in [-0.2, -0.15) is 0 Å². The zero-order chi connectivity index (χ0) is 15.4. The molecule has 1 aliphatic carbocycles. The highest BCUT2D eigenvalue weighted by Crippen LogP contribution is 2.38. The molecule has 5 heteroatoms. The van der Waals surface area contributed by atoms with Crippen LogP contribution in [0.1, 0.15) is 49.1 Å². The van der Waals surface area contributed by atoms with Crippen molar-refractivity contribution in [2.45, 2.75) is 38.0 Å². The molecule has 1 aromatic rings. The van der Waals surface area contributed by atoms with Gasteiger partial charge in [0.15, 0.2) is 5.83 Å². The number of hydrogen-bond donors (Lipinski definition) is 0. The van der Waals surface area contributed by atoms with E-state index in [1.165, 1.54) is 0 Å².